The van der Waals surface area contributed by atoms with E-state index in [1.54, 1.807) is 0 Å². The Labute approximate surface area is 125 Å². The summed E-state index contributed by atoms with van der Waals surface area (Å²) in [6.45, 7) is 2.89. The van der Waals surface area contributed by atoms with Gasteiger partial charge in [-0.3, -0.25) is 9.59 Å². The predicted molar refractivity (Wildman–Crippen MR) is 81.1 cm³/mol. The Hall–Kier alpha value is -1.84. The van der Waals surface area contributed by atoms with Crippen LogP contribution in [0.1, 0.15) is 43.7 Å². The zero-order valence-corrected chi connectivity index (χ0v) is 12.5. The van der Waals surface area contributed by atoms with Crippen molar-refractivity contribution >= 4 is 11.9 Å². The molecule has 0 bridgehead atoms. The second-order valence-electron chi connectivity index (χ2n) is 5.73. The van der Waals surface area contributed by atoms with Crippen molar-refractivity contribution < 1.29 is 14.7 Å². The van der Waals surface area contributed by atoms with Crippen LogP contribution in [-0.4, -0.2) is 34.5 Å². The van der Waals surface area contributed by atoms with E-state index in [-0.39, 0.29) is 18.4 Å². The average molecular weight is 289 g/mol. The van der Waals surface area contributed by atoms with Crippen molar-refractivity contribution in [3.8, 4) is 0 Å². The van der Waals surface area contributed by atoms with Gasteiger partial charge in [0.15, 0.2) is 0 Å². The lowest BCUT2D eigenvalue weighted by Crippen LogP contribution is -2.36. The van der Waals surface area contributed by atoms with Crippen LogP contribution in [0, 0.1) is 0 Å². The Bertz CT molecular complexity index is 513. The molecule has 0 aromatic heterocycles. The molecule has 1 fully saturated rings. The fraction of sp³-hybridized carbons (Fsp3) is 0.529. The molecule has 1 atom stereocenters. The largest absolute Gasteiger partial charge is 0.481 e. The summed E-state index contributed by atoms with van der Waals surface area (Å²) >= 11 is 0. The zero-order valence-electron chi connectivity index (χ0n) is 12.5. The van der Waals surface area contributed by atoms with Gasteiger partial charge in [-0.05, 0) is 36.8 Å². The molecule has 0 radical (unpaired) electrons. The SMILES string of the molecule is CCCC(=O)N1CCCC1Cc1cccc(CC(=O)O)c1. The maximum Gasteiger partial charge on any atom is 0.307 e. The summed E-state index contributed by atoms with van der Waals surface area (Å²) < 4.78 is 0. The van der Waals surface area contributed by atoms with Gasteiger partial charge in [0, 0.05) is 19.0 Å². The number of aliphatic carboxylic acids is 1. The highest BCUT2D eigenvalue weighted by Gasteiger charge is 2.28. The fourth-order valence-corrected chi connectivity index (χ4v) is 3.05. The van der Waals surface area contributed by atoms with Crippen LogP contribution in [-0.2, 0) is 22.4 Å². The normalized spacial score (nSPS) is 18.0. The quantitative estimate of drug-likeness (QED) is 0.876. The standard InChI is InChI=1S/C17H23NO3/c1-2-5-16(19)18-9-4-8-15(18)11-13-6-3-7-14(10-13)12-17(20)21/h3,6-7,10,15H,2,4-5,8-9,11-12H2,1H3,(H,20,21). The van der Waals surface area contributed by atoms with Crippen molar-refractivity contribution in [1.29, 1.82) is 0 Å². The molecule has 1 heterocycles. The van der Waals surface area contributed by atoms with E-state index in [0.717, 1.165) is 43.4 Å². The lowest BCUT2D eigenvalue weighted by molar-refractivity contribution is -0.136. The molecular weight excluding hydrogens is 266 g/mol. The van der Waals surface area contributed by atoms with E-state index in [2.05, 4.69) is 0 Å². The molecule has 2 rings (SSSR count). The molecule has 1 aromatic rings. The monoisotopic (exact) mass is 289 g/mol. The van der Waals surface area contributed by atoms with Gasteiger partial charge >= 0.3 is 5.97 Å². The van der Waals surface area contributed by atoms with Crippen LogP contribution in [0.2, 0.25) is 0 Å². The highest BCUT2D eigenvalue weighted by molar-refractivity contribution is 5.76. The Balaban J connectivity index is 2.03. The van der Waals surface area contributed by atoms with E-state index in [9.17, 15) is 9.59 Å². The molecule has 4 nitrogen and oxygen atoms in total. The van der Waals surface area contributed by atoms with Crippen molar-refractivity contribution in [3.05, 3.63) is 35.4 Å². The maximum absolute atomic E-state index is 12.1. The van der Waals surface area contributed by atoms with Gasteiger partial charge in [0.2, 0.25) is 5.91 Å². The van der Waals surface area contributed by atoms with Crippen LogP contribution in [0.3, 0.4) is 0 Å². The number of rotatable bonds is 6. The highest BCUT2D eigenvalue weighted by atomic mass is 16.4. The summed E-state index contributed by atoms with van der Waals surface area (Å²) in [5.74, 6) is -0.561. The van der Waals surface area contributed by atoms with Gasteiger partial charge in [-0.25, -0.2) is 0 Å². The zero-order chi connectivity index (χ0) is 15.2. The van der Waals surface area contributed by atoms with E-state index in [4.69, 9.17) is 5.11 Å². The van der Waals surface area contributed by atoms with Crippen molar-refractivity contribution in [2.24, 2.45) is 0 Å². The van der Waals surface area contributed by atoms with Gasteiger partial charge in [-0.1, -0.05) is 31.2 Å². The first-order valence-electron chi connectivity index (χ1n) is 7.69. The fourth-order valence-electron chi connectivity index (χ4n) is 3.05. The topological polar surface area (TPSA) is 57.6 Å². The lowest BCUT2D eigenvalue weighted by Gasteiger charge is -2.25. The molecule has 0 saturated carbocycles. The Morgan fingerprint density at radius 1 is 1.33 bits per heavy atom. The number of amides is 1. The number of hydrogen-bond acceptors (Lipinski definition) is 2. The predicted octanol–water partition coefficient (Wildman–Crippen LogP) is 2.65. The number of likely N-dealkylation sites (tertiary alicyclic amines) is 1. The minimum atomic E-state index is -0.812. The Morgan fingerprint density at radius 2 is 2.10 bits per heavy atom. The molecule has 114 valence electrons. The molecule has 1 unspecified atom stereocenters. The van der Waals surface area contributed by atoms with Crippen LogP contribution >= 0.6 is 0 Å². The van der Waals surface area contributed by atoms with Crippen LogP contribution in [0.5, 0.6) is 0 Å². The van der Waals surface area contributed by atoms with Crippen LogP contribution in [0.15, 0.2) is 24.3 Å². The third kappa shape index (κ3) is 4.31. The number of carboxylic acid groups (broad SMARTS) is 1. The van der Waals surface area contributed by atoms with E-state index in [1.807, 2.05) is 36.1 Å². The van der Waals surface area contributed by atoms with Gasteiger partial charge in [-0.2, -0.15) is 0 Å². The number of benzene rings is 1. The molecule has 1 saturated heterocycles. The Kier molecular flexibility index (Phi) is 5.37. The van der Waals surface area contributed by atoms with E-state index < -0.39 is 5.97 Å². The number of nitrogens with zero attached hydrogens (tertiary/aromatic N) is 1. The minimum Gasteiger partial charge on any atom is -0.481 e. The van der Waals surface area contributed by atoms with E-state index >= 15 is 0 Å². The first-order valence-corrected chi connectivity index (χ1v) is 7.69. The molecule has 0 aliphatic carbocycles. The molecule has 1 amide bonds. The van der Waals surface area contributed by atoms with Crippen molar-refractivity contribution in [2.45, 2.75) is 51.5 Å². The summed E-state index contributed by atoms with van der Waals surface area (Å²) in [5, 5.41) is 8.86. The molecule has 1 N–H and O–H groups in total. The van der Waals surface area contributed by atoms with Gasteiger partial charge in [-0.15, -0.1) is 0 Å². The van der Waals surface area contributed by atoms with E-state index in [1.165, 1.54) is 0 Å². The second-order valence-corrected chi connectivity index (χ2v) is 5.73. The maximum atomic E-state index is 12.1. The third-order valence-corrected chi connectivity index (χ3v) is 3.98. The number of carbonyl (C=O) groups excluding carboxylic acids is 1. The average Bonchev–Trinajstić information content (AvgIpc) is 2.87. The van der Waals surface area contributed by atoms with Crippen LogP contribution in [0.4, 0.5) is 0 Å². The molecule has 1 aliphatic heterocycles. The summed E-state index contributed by atoms with van der Waals surface area (Å²) in [4.78, 5) is 24.9. The first kappa shape index (κ1) is 15.5. The van der Waals surface area contributed by atoms with Crippen molar-refractivity contribution in [1.82, 2.24) is 4.90 Å². The van der Waals surface area contributed by atoms with E-state index in [0.29, 0.717) is 6.42 Å². The number of hydrogen-bond donors (Lipinski definition) is 1. The summed E-state index contributed by atoms with van der Waals surface area (Å²) in [6, 6.07) is 7.98. The lowest BCUT2D eigenvalue weighted by atomic mass is 10.0. The number of carbonyl (C=O) groups is 2. The molecule has 0 spiro atoms. The van der Waals surface area contributed by atoms with Gasteiger partial charge in [0.1, 0.15) is 0 Å². The van der Waals surface area contributed by atoms with Crippen LogP contribution in [0.25, 0.3) is 0 Å². The van der Waals surface area contributed by atoms with Gasteiger partial charge in [0.25, 0.3) is 0 Å². The summed E-state index contributed by atoms with van der Waals surface area (Å²) in [6.07, 6.45) is 4.49. The molecule has 4 heteroatoms. The number of carboxylic acids is 1. The molecule has 21 heavy (non-hydrogen) atoms. The van der Waals surface area contributed by atoms with Crippen LogP contribution < -0.4 is 0 Å². The minimum absolute atomic E-state index is 0.0526. The van der Waals surface area contributed by atoms with Crippen molar-refractivity contribution in [2.75, 3.05) is 6.54 Å². The molecule has 1 aliphatic rings. The van der Waals surface area contributed by atoms with Crippen molar-refractivity contribution in [3.63, 3.8) is 0 Å². The van der Waals surface area contributed by atoms with Gasteiger partial charge in [0.05, 0.1) is 6.42 Å². The second kappa shape index (κ2) is 7.25. The smallest absolute Gasteiger partial charge is 0.307 e. The van der Waals surface area contributed by atoms with Gasteiger partial charge < -0.3 is 10.0 Å². The third-order valence-electron chi connectivity index (χ3n) is 3.98. The summed E-state index contributed by atoms with van der Waals surface area (Å²) in [5.41, 5.74) is 1.94. The molecule has 1 aromatic carbocycles. The molecular formula is C17H23NO3. The summed E-state index contributed by atoms with van der Waals surface area (Å²) in [7, 11) is 0. The highest BCUT2D eigenvalue weighted by Crippen LogP contribution is 2.22. The first-order chi connectivity index (χ1) is 10.1. The Morgan fingerprint density at radius 3 is 2.81 bits per heavy atom.